The zero-order valence-electron chi connectivity index (χ0n) is 11.4. The van der Waals surface area contributed by atoms with Gasteiger partial charge in [-0.3, -0.25) is 4.90 Å². The number of benzene rings is 1. The molecule has 0 spiro atoms. The van der Waals surface area contributed by atoms with Gasteiger partial charge in [-0.2, -0.15) is 5.26 Å². The van der Waals surface area contributed by atoms with E-state index >= 15 is 0 Å². The van der Waals surface area contributed by atoms with Crippen LogP contribution in [0.4, 0.5) is 0 Å². The van der Waals surface area contributed by atoms with Crippen LogP contribution in [0.1, 0.15) is 12.0 Å². The van der Waals surface area contributed by atoms with Gasteiger partial charge < -0.3 is 4.74 Å². The third-order valence-electron chi connectivity index (χ3n) is 3.53. The van der Waals surface area contributed by atoms with Crippen LogP contribution in [0.25, 0.3) is 0 Å². The molecule has 5 nitrogen and oxygen atoms in total. The van der Waals surface area contributed by atoms with Crippen LogP contribution in [0.5, 0.6) is 5.75 Å². The number of nitrogens with zero attached hydrogens (tertiary/aromatic N) is 2. The number of rotatable bonds is 5. The van der Waals surface area contributed by atoms with Crippen molar-refractivity contribution >= 4 is 9.84 Å². The molecule has 1 aromatic carbocycles. The fraction of sp³-hybridized carbons (Fsp3) is 0.500. The van der Waals surface area contributed by atoms with E-state index in [1.807, 2.05) is 11.9 Å². The lowest BCUT2D eigenvalue weighted by Crippen LogP contribution is -2.35. The summed E-state index contributed by atoms with van der Waals surface area (Å²) in [5, 5.41) is 8.69. The first-order valence-electron chi connectivity index (χ1n) is 6.54. The molecule has 1 aliphatic heterocycles. The minimum absolute atomic E-state index is 0.101. The van der Waals surface area contributed by atoms with Crippen molar-refractivity contribution in [1.82, 2.24) is 4.90 Å². The monoisotopic (exact) mass is 294 g/mol. The van der Waals surface area contributed by atoms with Crippen molar-refractivity contribution in [2.24, 2.45) is 0 Å². The summed E-state index contributed by atoms with van der Waals surface area (Å²) in [5.74, 6) is 1.26. The smallest absolute Gasteiger partial charge is 0.151 e. The van der Waals surface area contributed by atoms with Gasteiger partial charge in [-0.15, -0.1) is 0 Å². The van der Waals surface area contributed by atoms with Gasteiger partial charge in [0.2, 0.25) is 0 Å². The molecule has 0 saturated carbocycles. The number of hydrogen-bond acceptors (Lipinski definition) is 5. The van der Waals surface area contributed by atoms with Crippen molar-refractivity contribution in [3.8, 4) is 11.8 Å². The largest absolute Gasteiger partial charge is 0.492 e. The van der Waals surface area contributed by atoms with Gasteiger partial charge >= 0.3 is 0 Å². The highest BCUT2D eigenvalue weighted by atomic mass is 32.2. The molecule has 1 fully saturated rings. The van der Waals surface area contributed by atoms with Crippen LogP contribution in [0.15, 0.2) is 24.3 Å². The maximum atomic E-state index is 11.4. The first kappa shape index (κ1) is 14.8. The van der Waals surface area contributed by atoms with E-state index in [9.17, 15) is 8.42 Å². The van der Waals surface area contributed by atoms with Gasteiger partial charge in [-0.25, -0.2) is 8.42 Å². The number of sulfone groups is 1. The highest BCUT2D eigenvalue weighted by Crippen LogP contribution is 2.16. The molecule has 0 radical (unpaired) electrons. The SMILES string of the molecule is CN(CCOc1ccc(C#N)cc1)[C@H]1CCS(=O)(=O)C1. The molecule has 1 aromatic rings. The van der Waals surface area contributed by atoms with E-state index in [0.29, 0.717) is 30.9 Å². The van der Waals surface area contributed by atoms with Crippen LogP contribution < -0.4 is 4.74 Å². The molecular weight excluding hydrogens is 276 g/mol. The third-order valence-corrected chi connectivity index (χ3v) is 5.28. The van der Waals surface area contributed by atoms with Crippen LogP contribution in [0.2, 0.25) is 0 Å². The van der Waals surface area contributed by atoms with Gasteiger partial charge in [-0.1, -0.05) is 0 Å². The zero-order chi connectivity index (χ0) is 14.6. The Hall–Kier alpha value is -1.58. The van der Waals surface area contributed by atoms with Crippen molar-refractivity contribution in [2.45, 2.75) is 12.5 Å². The lowest BCUT2D eigenvalue weighted by Gasteiger charge is -2.22. The summed E-state index contributed by atoms with van der Waals surface area (Å²) in [6.45, 7) is 1.18. The molecule has 0 amide bonds. The van der Waals surface area contributed by atoms with Crippen LogP contribution >= 0.6 is 0 Å². The third kappa shape index (κ3) is 3.95. The van der Waals surface area contributed by atoms with Crippen molar-refractivity contribution < 1.29 is 13.2 Å². The van der Waals surface area contributed by atoms with Crippen molar-refractivity contribution in [2.75, 3.05) is 31.7 Å². The van der Waals surface area contributed by atoms with Gasteiger partial charge in [0.1, 0.15) is 12.4 Å². The molecule has 1 heterocycles. The van der Waals surface area contributed by atoms with Crippen molar-refractivity contribution in [3.63, 3.8) is 0 Å². The summed E-state index contributed by atoms with van der Waals surface area (Å²) >= 11 is 0. The van der Waals surface area contributed by atoms with Crippen LogP contribution in [0.3, 0.4) is 0 Å². The predicted octanol–water partition coefficient (Wildman–Crippen LogP) is 1.06. The van der Waals surface area contributed by atoms with E-state index in [0.717, 1.165) is 5.75 Å². The molecule has 0 N–H and O–H groups in total. The molecule has 6 heteroatoms. The second-order valence-electron chi connectivity index (χ2n) is 5.02. The number of likely N-dealkylation sites (N-methyl/N-ethyl adjacent to an activating group) is 1. The Kier molecular flexibility index (Phi) is 4.63. The summed E-state index contributed by atoms with van der Waals surface area (Å²) in [4.78, 5) is 2.04. The normalized spacial score (nSPS) is 20.8. The Labute approximate surface area is 119 Å². The molecule has 1 saturated heterocycles. The number of ether oxygens (including phenoxy) is 1. The van der Waals surface area contributed by atoms with E-state index < -0.39 is 9.84 Å². The maximum Gasteiger partial charge on any atom is 0.151 e. The van der Waals surface area contributed by atoms with Crippen LogP contribution in [-0.2, 0) is 9.84 Å². The Morgan fingerprint density at radius 2 is 2.10 bits per heavy atom. The average Bonchev–Trinajstić information content (AvgIpc) is 2.80. The Morgan fingerprint density at radius 3 is 2.65 bits per heavy atom. The quantitative estimate of drug-likeness (QED) is 0.812. The molecule has 1 aliphatic rings. The highest BCUT2D eigenvalue weighted by Gasteiger charge is 2.30. The average molecular weight is 294 g/mol. The standard InChI is InChI=1S/C14H18N2O3S/c1-16(13-6-9-20(17,18)11-13)7-8-19-14-4-2-12(10-15)3-5-14/h2-5,13H,6-9,11H2,1H3/t13-/m0/s1. The molecule has 2 rings (SSSR count). The molecule has 0 aromatic heterocycles. The van der Waals surface area contributed by atoms with Crippen molar-refractivity contribution in [3.05, 3.63) is 29.8 Å². The second kappa shape index (κ2) is 6.25. The maximum absolute atomic E-state index is 11.4. The Bertz CT molecular complexity index is 590. The van der Waals surface area contributed by atoms with E-state index in [1.54, 1.807) is 24.3 Å². The number of nitriles is 1. The van der Waals surface area contributed by atoms with Gasteiger partial charge in [0.25, 0.3) is 0 Å². The lowest BCUT2D eigenvalue weighted by molar-refractivity contribution is 0.202. The van der Waals surface area contributed by atoms with E-state index in [1.165, 1.54) is 0 Å². The molecule has 0 aliphatic carbocycles. The number of hydrogen-bond donors (Lipinski definition) is 0. The minimum Gasteiger partial charge on any atom is -0.492 e. The summed E-state index contributed by atoms with van der Waals surface area (Å²) < 4.78 is 28.4. The van der Waals surface area contributed by atoms with Crippen LogP contribution in [-0.4, -0.2) is 51.1 Å². The van der Waals surface area contributed by atoms with Gasteiger partial charge in [0.15, 0.2) is 9.84 Å². The van der Waals surface area contributed by atoms with E-state index in [4.69, 9.17) is 10.00 Å². The Morgan fingerprint density at radius 1 is 1.40 bits per heavy atom. The minimum atomic E-state index is -2.84. The molecule has 1 atom stereocenters. The second-order valence-corrected chi connectivity index (χ2v) is 7.25. The predicted molar refractivity (Wildman–Crippen MR) is 76.3 cm³/mol. The van der Waals surface area contributed by atoms with Crippen LogP contribution in [0, 0.1) is 11.3 Å². The van der Waals surface area contributed by atoms with Gasteiger partial charge in [0.05, 0.1) is 23.1 Å². The molecule has 108 valence electrons. The Balaban J connectivity index is 1.76. The fourth-order valence-electron chi connectivity index (χ4n) is 2.24. The summed E-state index contributed by atoms with van der Waals surface area (Å²) in [6.07, 6.45) is 0.704. The van der Waals surface area contributed by atoms with Gasteiger partial charge in [0, 0.05) is 12.6 Å². The summed E-state index contributed by atoms with van der Waals surface area (Å²) in [6, 6.07) is 9.10. The molecule has 20 heavy (non-hydrogen) atoms. The van der Waals surface area contributed by atoms with Crippen molar-refractivity contribution in [1.29, 1.82) is 5.26 Å². The topological polar surface area (TPSA) is 70.4 Å². The lowest BCUT2D eigenvalue weighted by atomic mass is 10.2. The summed E-state index contributed by atoms with van der Waals surface area (Å²) in [5.41, 5.74) is 0.602. The van der Waals surface area contributed by atoms with Gasteiger partial charge in [-0.05, 0) is 37.7 Å². The molecular formula is C14H18N2O3S. The summed E-state index contributed by atoms with van der Waals surface area (Å²) in [7, 11) is -0.914. The van der Waals surface area contributed by atoms with E-state index in [-0.39, 0.29) is 11.8 Å². The highest BCUT2D eigenvalue weighted by molar-refractivity contribution is 7.91. The molecule has 0 unspecified atom stereocenters. The molecule has 0 bridgehead atoms. The van der Waals surface area contributed by atoms with E-state index in [2.05, 4.69) is 6.07 Å². The fourth-order valence-corrected chi connectivity index (χ4v) is 4.04. The zero-order valence-corrected chi connectivity index (χ0v) is 12.3. The first-order valence-corrected chi connectivity index (χ1v) is 8.36. The first-order chi connectivity index (χ1) is 9.50.